The van der Waals surface area contributed by atoms with E-state index in [9.17, 15) is 24.0 Å². The smallest absolute Gasteiger partial charge is 0.325 e. The first-order chi connectivity index (χ1) is 14.8. The molecular weight excluding hydrogens is 424 g/mol. The van der Waals surface area contributed by atoms with Crippen LogP contribution in [0.5, 0.6) is 0 Å². The number of hydrogen-bond donors (Lipinski definition) is 9. The summed E-state index contributed by atoms with van der Waals surface area (Å²) in [5.74, 6) is -4.07. The molecule has 11 N–H and O–H groups in total. The van der Waals surface area contributed by atoms with Crippen molar-refractivity contribution in [2.45, 2.75) is 70.7 Å². The van der Waals surface area contributed by atoms with Crippen molar-refractivity contribution in [1.29, 1.82) is 5.41 Å². The van der Waals surface area contributed by atoms with E-state index < -0.39 is 59.8 Å². The first kappa shape index (κ1) is 28.6. The SMILES string of the molecule is C[C@H](N)C(=O)N[C@@H](C)C(=O)N[C@@H](C)C(=O)N[C@@H](CCCNC(=N)N)C(=O)N[C@@H](C)C(=O)O. The Morgan fingerprint density at radius 3 is 1.75 bits per heavy atom. The van der Waals surface area contributed by atoms with E-state index in [-0.39, 0.29) is 18.9 Å². The summed E-state index contributed by atoms with van der Waals surface area (Å²) in [5.41, 5.74) is 10.6. The number of nitrogens with two attached hydrogens (primary N) is 2. The van der Waals surface area contributed by atoms with Gasteiger partial charge in [0.2, 0.25) is 23.6 Å². The summed E-state index contributed by atoms with van der Waals surface area (Å²) in [7, 11) is 0. The van der Waals surface area contributed by atoms with Gasteiger partial charge >= 0.3 is 5.97 Å². The largest absolute Gasteiger partial charge is 0.480 e. The molecule has 0 rings (SSSR count). The predicted octanol–water partition coefficient (Wildman–Crippen LogP) is -3.32. The second kappa shape index (κ2) is 13.8. The average molecular weight is 459 g/mol. The number of carbonyl (C=O) groups is 5. The summed E-state index contributed by atoms with van der Waals surface area (Å²) in [6.45, 7) is 5.80. The normalized spacial score (nSPS) is 15.2. The van der Waals surface area contributed by atoms with Crippen molar-refractivity contribution in [2.75, 3.05) is 6.54 Å². The van der Waals surface area contributed by atoms with E-state index in [0.29, 0.717) is 6.42 Å². The maximum Gasteiger partial charge on any atom is 0.325 e. The van der Waals surface area contributed by atoms with Gasteiger partial charge in [-0.05, 0) is 40.5 Å². The molecule has 0 spiro atoms. The maximum atomic E-state index is 12.5. The van der Waals surface area contributed by atoms with E-state index in [4.69, 9.17) is 22.0 Å². The highest BCUT2D eigenvalue weighted by atomic mass is 16.4. The summed E-state index contributed by atoms with van der Waals surface area (Å²) in [4.78, 5) is 59.7. The van der Waals surface area contributed by atoms with Gasteiger partial charge in [-0.2, -0.15) is 0 Å². The zero-order valence-corrected chi connectivity index (χ0v) is 18.7. The van der Waals surface area contributed by atoms with Gasteiger partial charge < -0.3 is 43.2 Å². The fourth-order valence-electron chi connectivity index (χ4n) is 2.28. The van der Waals surface area contributed by atoms with E-state index >= 15 is 0 Å². The highest BCUT2D eigenvalue weighted by Crippen LogP contribution is 2.00. The Bertz CT molecular complexity index is 714. The monoisotopic (exact) mass is 458 g/mol. The first-order valence-electron chi connectivity index (χ1n) is 10.0. The molecular formula is C18H34N8O6. The molecule has 0 fully saturated rings. The lowest BCUT2D eigenvalue weighted by Gasteiger charge is -2.23. The van der Waals surface area contributed by atoms with Crippen molar-refractivity contribution < 1.29 is 29.1 Å². The van der Waals surface area contributed by atoms with Crippen LogP contribution in [0.15, 0.2) is 0 Å². The molecule has 0 bridgehead atoms. The molecule has 0 heterocycles. The Balaban J connectivity index is 5.01. The van der Waals surface area contributed by atoms with Gasteiger partial charge in [-0.15, -0.1) is 0 Å². The second-order valence-electron chi connectivity index (χ2n) is 7.36. The minimum absolute atomic E-state index is 0.117. The average Bonchev–Trinajstić information content (AvgIpc) is 2.69. The molecule has 0 aromatic carbocycles. The molecule has 5 atom stereocenters. The molecule has 0 aromatic rings. The summed E-state index contributed by atoms with van der Waals surface area (Å²) in [6.07, 6.45) is 0.451. The quantitative estimate of drug-likeness (QED) is 0.0760. The number of carbonyl (C=O) groups excluding carboxylic acids is 4. The summed E-state index contributed by atoms with van der Waals surface area (Å²) in [5, 5.41) is 28.2. The van der Waals surface area contributed by atoms with Gasteiger partial charge in [0.05, 0.1) is 6.04 Å². The van der Waals surface area contributed by atoms with Crippen LogP contribution in [-0.4, -0.2) is 77.4 Å². The van der Waals surface area contributed by atoms with Crippen molar-refractivity contribution in [3.05, 3.63) is 0 Å². The van der Waals surface area contributed by atoms with Crippen LogP contribution in [0.1, 0.15) is 40.5 Å². The minimum Gasteiger partial charge on any atom is -0.480 e. The number of guanidine groups is 1. The lowest BCUT2D eigenvalue weighted by molar-refractivity contribution is -0.141. The number of rotatable bonds is 13. The topological polar surface area (TPSA) is 242 Å². The molecule has 14 heteroatoms. The lowest BCUT2D eigenvalue weighted by Crippen LogP contribution is -2.57. The summed E-state index contributed by atoms with van der Waals surface area (Å²) >= 11 is 0. The third-order valence-electron chi connectivity index (χ3n) is 4.26. The summed E-state index contributed by atoms with van der Waals surface area (Å²) in [6, 6.07) is -5.08. The van der Waals surface area contributed by atoms with Crippen LogP contribution in [-0.2, 0) is 24.0 Å². The summed E-state index contributed by atoms with van der Waals surface area (Å²) < 4.78 is 0. The van der Waals surface area contributed by atoms with Crippen LogP contribution >= 0.6 is 0 Å². The highest BCUT2D eigenvalue weighted by Gasteiger charge is 2.27. The first-order valence-corrected chi connectivity index (χ1v) is 10.0. The number of nitrogens with one attached hydrogen (secondary N) is 6. The number of aliphatic carboxylic acids is 1. The van der Waals surface area contributed by atoms with Crippen LogP contribution in [0.25, 0.3) is 0 Å². The Morgan fingerprint density at radius 2 is 1.28 bits per heavy atom. The van der Waals surface area contributed by atoms with E-state index in [1.807, 2.05) is 0 Å². The number of hydrogen-bond acceptors (Lipinski definition) is 7. The lowest BCUT2D eigenvalue weighted by atomic mass is 10.1. The van der Waals surface area contributed by atoms with Crippen LogP contribution in [0.3, 0.4) is 0 Å². The molecule has 4 amide bonds. The molecule has 0 aliphatic heterocycles. The van der Waals surface area contributed by atoms with Crippen LogP contribution in [0.2, 0.25) is 0 Å². The molecule has 0 radical (unpaired) electrons. The standard InChI is InChI=1S/C18H34N8O6/c1-8(19)13(27)23-9(2)14(28)24-10(3)15(29)26-12(6-5-7-22-18(20)21)16(30)25-11(4)17(31)32/h8-12H,5-7,19H2,1-4H3,(H,23,27)(H,24,28)(H,25,30)(H,26,29)(H,31,32)(H4,20,21,22)/t8-,9-,10-,11-,12-/m0/s1. The van der Waals surface area contributed by atoms with Crippen molar-refractivity contribution in [2.24, 2.45) is 11.5 Å². The van der Waals surface area contributed by atoms with Crippen molar-refractivity contribution >= 4 is 35.6 Å². The van der Waals surface area contributed by atoms with E-state index in [1.54, 1.807) is 0 Å². The van der Waals surface area contributed by atoms with Crippen molar-refractivity contribution in [1.82, 2.24) is 26.6 Å². The van der Waals surface area contributed by atoms with Gasteiger partial charge in [0.25, 0.3) is 0 Å². The fraction of sp³-hybridized carbons (Fsp3) is 0.667. The van der Waals surface area contributed by atoms with E-state index in [0.717, 1.165) is 0 Å². The molecule has 0 saturated carbocycles. The molecule has 0 unspecified atom stereocenters. The van der Waals surface area contributed by atoms with Gasteiger partial charge in [0.15, 0.2) is 5.96 Å². The van der Waals surface area contributed by atoms with Crippen LogP contribution in [0, 0.1) is 5.41 Å². The second-order valence-corrected chi connectivity index (χ2v) is 7.36. The Hall–Kier alpha value is -3.42. The minimum atomic E-state index is -1.25. The Labute approximate surface area is 186 Å². The van der Waals surface area contributed by atoms with Crippen molar-refractivity contribution in [3.8, 4) is 0 Å². The molecule has 0 aliphatic rings. The highest BCUT2D eigenvalue weighted by molar-refractivity contribution is 5.95. The van der Waals surface area contributed by atoms with Crippen molar-refractivity contribution in [3.63, 3.8) is 0 Å². The molecule has 0 aromatic heterocycles. The van der Waals surface area contributed by atoms with Crippen LogP contribution in [0.4, 0.5) is 0 Å². The van der Waals surface area contributed by atoms with E-state index in [2.05, 4.69) is 26.6 Å². The van der Waals surface area contributed by atoms with Gasteiger partial charge in [-0.3, -0.25) is 29.4 Å². The third-order valence-corrected chi connectivity index (χ3v) is 4.26. The van der Waals surface area contributed by atoms with Crippen LogP contribution < -0.4 is 38.1 Å². The van der Waals surface area contributed by atoms with Gasteiger partial charge in [0.1, 0.15) is 24.2 Å². The number of amides is 4. The van der Waals surface area contributed by atoms with Gasteiger partial charge in [-0.1, -0.05) is 0 Å². The third kappa shape index (κ3) is 11.1. The molecule has 0 saturated heterocycles. The maximum absolute atomic E-state index is 12.5. The van der Waals surface area contributed by atoms with Gasteiger partial charge in [-0.25, -0.2) is 0 Å². The fourth-order valence-corrected chi connectivity index (χ4v) is 2.28. The Kier molecular flexibility index (Phi) is 12.3. The predicted molar refractivity (Wildman–Crippen MR) is 115 cm³/mol. The van der Waals surface area contributed by atoms with Gasteiger partial charge in [0, 0.05) is 6.54 Å². The molecule has 32 heavy (non-hydrogen) atoms. The number of carboxylic acids is 1. The van der Waals surface area contributed by atoms with E-state index in [1.165, 1.54) is 27.7 Å². The number of carboxylic acid groups (broad SMARTS) is 1. The molecule has 0 aliphatic carbocycles. The Morgan fingerprint density at radius 1 is 0.812 bits per heavy atom. The molecule has 182 valence electrons. The zero-order valence-electron chi connectivity index (χ0n) is 18.7. The zero-order chi connectivity index (χ0) is 25.0. The molecule has 14 nitrogen and oxygen atoms in total.